The molecule has 0 radical (unpaired) electrons. The molecule has 0 aliphatic carbocycles. The summed E-state index contributed by atoms with van der Waals surface area (Å²) in [6.07, 6.45) is 0. The van der Waals surface area contributed by atoms with E-state index >= 15 is 0 Å². The molecule has 0 saturated carbocycles. The fraction of sp³-hybridized carbons (Fsp3) is 0.143. The highest BCUT2D eigenvalue weighted by Gasteiger charge is 2.08. The van der Waals surface area contributed by atoms with Gasteiger partial charge < -0.3 is 9.84 Å². The van der Waals surface area contributed by atoms with Crippen LogP contribution in [-0.2, 0) is 0 Å². The first-order valence-electron chi connectivity index (χ1n) is 5.88. The predicted octanol–water partition coefficient (Wildman–Crippen LogP) is 2.44. The molecule has 19 heavy (non-hydrogen) atoms. The summed E-state index contributed by atoms with van der Waals surface area (Å²) in [5, 5.41) is 18.4. The average Bonchev–Trinajstić information content (AvgIpc) is 2.82. The van der Waals surface area contributed by atoms with Crippen LogP contribution in [0, 0.1) is 6.92 Å². The molecule has 5 heteroatoms. The summed E-state index contributed by atoms with van der Waals surface area (Å²) in [6, 6.07) is 10.9. The second kappa shape index (κ2) is 4.28. The van der Waals surface area contributed by atoms with Crippen molar-refractivity contribution >= 4 is 11.0 Å². The third-order valence-electron chi connectivity index (χ3n) is 2.93. The van der Waals surface area contributed by atoms with Crippen LogP contribution >= 0.6 is 0 Å². The molecule has 0 aliphatic rings. The molecule has 0 fully saturated rings. The maximum atomic E-state index is 9.58. The largest absolute Gasteiger partial charge is 0.504 e. The number of hydrogen-bond acceptors (Lipinski definition) is 4. The van der Waals surface area contributed by atoms with Crippen LogP contribution in [0.5, 0.6) is 11.5 Å². The van der Waals surface area contributed by atoms with Crippen LogP contribution in [0.2, 0.25) is 0 Å². The Morgan fingerprint density at radius 1 is 1.05 bits per heavy atom. The maximum Gasteiger partial charge on any atom is 0.162 e. The van der Waals surface area contributed by atoms with Crippen molar-refractivity contribution < 1.29 is 9.84 Å². The van der Waals surface area contributed by atoms with Gasteiger partial charge in [0.1, 0.15) is 11.0 Å². The van der Waals surface area contributed by atoms with Crippen molar-refractivity contribution in [3.05, 3.63) is 42.0 Å². The van der Waals surface area contributed by atoms with E-state index in [9.17, 15) is 5.11 Å². The molecule has 1 heterocycles. The van der Waals surface area contributed by atoms with Gasteiger partial charge in [-0.1, -0.05) is 6.07 Å². The lowest BCUT2D eigenvalue weighted by molar-refractivity contribution is 0.373. The number of ether oxygens (including phenoxy) is 1. The monoisotopic (exact) mass is 255 g/mol. The summed E-state index contributed by atoms with van der Waals surface area (Å²) < 4.78 is 5.08. The minimum absolute atomic E-state index is 0.0961. The number of fused-ring (bicyclic) bond motifs is 1. The standard InChI is InChI=1S/C14H13N3O2/c1-9-3-5-11-12(7-9)16-17(15-11)10-4-6-13(18)14(8-10)19-2/h3-8,18H,1-2H3. The molecule has 3 aromatic rings. The van der Waals surface area contributed by atoms with E-state index < -0.39 is 0 Å². The number of benzene rings is 2. The number of hydrogen-bond donors (Lipinski definition) is 1. The van der Waals surface area contributed by atoms with Crippen LogP contribution in [0.15, 0.2) is 36.4 Å². The van der Waals surface area contributed by atoms with E-state index in [4.69, 9.17) is 4.74 Å². The van der Waals surface area contributed by atoms with Gasteiger partial charge in [-0.3, -0.25) is 0 Å². The van der Waals surface area contributed by atoms with Gasteiger partial charge in [-0.25, -0.2) is 0 Å². The Morgan fingerprint density at radius 3 is 2.63 bits per heavy atom. The topological polar surface area (TPSA) is 60.2 Å². The number of aromatic hydroxyl groups is 1. The highest BCUT2D eigenvalue weighted by Crippen LogP contribution is 2.27. The van der Waals surface area contributed by atoms with E-state index in [0.717, 1.165) is 22.3 Å². The molecule has 0 amide bonds. The summed E-state index contributed by atoms with van der Waals surface area (Å²) in [7, 11) is 1.51. The first-order valence-corrected chi connectivity index (χ1v) is 5.88. The second-order valence-corrected chi connectivity index (χ2v) is 4.34. The third-order valence-corrected chi connectivity index (χ3v) is 2.93. The van der Waals surface area contributed by atoms with Gasteiger partial charge in [-0.2, -0.15) is 4.80 Å². The van der Waals surface area contributed by atoms with E-state index in [0.29, 0.717) is 5.75 Å². The summed E-state index contributed by atoms with van der Waals surface area (Å²) in [6.45, 7) is 2.02. The highest BCUT2D eigenvalue weighted by atomic mass is 16.5. The van der Waals surface area contributed by atoms with Crippen LogP contribution < -0.4 is 4.74 Å². The van der Waals surface area contributed by atoms with Crippen molar-refractivity contribution in [2.24, 2.45) is 0 Å². The van der Waals surface area contributed by atoms with Gasteiger partial charge in [0, 0.05) is 6.07 Å². The van der Waals surface area contributed by atoms with Crippen LogP contribution in [-0.4, -0.2) is 27.2 Å². The number of phenols is 1. The Labute approximate surface area is 110 Å². The molecule has 1 aromatic heterocycles. The smallest absolute Gasteiger partial charge is 0.162 e. The molecule has 0 unspecified atom stereocenters. The molecule has 3 rings (SSSR count). The Morgan fingerprint density at radius 2 is 1.84 bits per heavy atom. The molecule has 96 valence electrons. The van der Waals surface area contributed by atoms with E-state index in [1.54, 1.807) is 18.2 Å². The van der Waals surface area contributed by atoms with E-state index in [-0.39, 0.29) is 5.75 Å². The highest BCUT2D eigenvalue weighted by molar-refractivity contribution is 5.74. The summed E-state index contributed by atoms with van der Waals surface area (Å²) in [5.41, 5.74) is 3.55. The Balaban J connectivity index is 2.13. The Hall–Kier alpha value is -2.56. The number of methoxy groups -OCH3 is 1. The van der Waals surface area contributed by atoms with E-state index in [1.807, 2.05) is 25.1 Å². The zero-order valence-electron chi connectivity index (χ0n) is 10.7. The molecule has 0 bridgehead atoms. The Kier molecular flexibility index (Phi) is 2.59. The van der Waals surface area contributed by atoms with Crippen molar-refractivity contribution in [1.82, 2.24) is 15.0 Å². The molecule has 5 nitrogen and oxygen atoms in total. The molecule has 0 atom stereocenters. The first kappa shape index (κ1) is 11.5. The number of nitrogens with zero attached hydrogens (tertiary/aromatic N) is 3. The van der Waals surface area contributed by atoms with Gasteiger partial charge in [-0.15, -0.1) is 10.2 Å². The lowest BCUT2D eigenvalue weighted by Crippen LogP contribution is -1.98. The van der Waals surface area contributed by atoms with Gasteiger partial charge in [-0.05, 0) is 36.8 Å². The fourth-order valence-corrected chi connectivity index (χ4v) is 1.93. The maximum absolute atomic E-state index is 9.58. The van der Waals surface area contributed by atoms with Gasteiger partial charge >= 0.3 is 0 Å². The number of rotatable bonds is 2. The SMILES string of the molecule is COc1cc(-n2nc3ccc(C)cc3n2)ccc1O. The van der Waals surface area contributed by atoms with Crippen LogP contribution in [0.25, 0.3) is 16.7 Å². The molecule has 0 aliphatic heterocycles. The van der Waals surface area contributed by atoms with E-state index in [1.165, 1.54) is 11.9 Å². The average molecular weight is 255 g/mol. The summed E-state index contributed by atoms with van der Waals surface area (Å²) >= 11 is 0. The molecule has 2 aromatic carbocycles. The minimum atomic E-state index is 0.0961. The Bertz CT molecular complexity index is 750. The van der Waals surface area contributed by atoms with Gasteiger partial charge in [0.2, 0.25) is 0 Å². The van der Waals surface area contributed by atoms with Crippen molar-refractivity contribution in [2.45, 2.75) is 6.92 Å². The quantitative estimate of drug-likeness (QED) is 0.764. The number of aryl methyl sites for hydroxylation is 1. The lowest BCUT2D eigenvalue weighted by atomic mass is 10.2. The van der Waals surface area contributed by atoms with Crippen LogP contribution in [0.4, 0.5) is 0 Å². The van der Waals surface area contributed by atoms with Gasteiger partial charge in [0.15, 0.2) is 11.5 Å². The number of phenolic OH excluding ortho intramolecular Hbond substituents is 1. The van der Waals surface area contributed by atoms with Crippen LogP contribution in [0.3, 0.4) is 0 Å². The van der Waals surface area contributed by atoms with Crippen LogP contribution in [0.1, 0.15) is 5.56 Å². The van der Waals surface area contributed by atoms with Crippen molar-refractivity contribution in [2.75, 3.05) is 7.11 Å². The minimum Gasteiger partial charge on any atom is -0.504 e. The lowest BCUT2D eigenvalue weighted by Gasteiger charge is -2.05. The second-order valence-electron chi connectivity index (χ2n) is 4.34. The molecule has 1 N–H and O–H groups in total. The molecular formula is C14H13N3O2. The molecule has 0 spiro atoms. The van der Waals surface area contributed by atoms with E-state index in [2.05, 4.69) is 10.2 Å². The zero-order chi connectivity index (χ0) is 13.4. The third kappa shape index (κ3) is 1.99. The summed E-state index contributed by atoms with van der Waals surface area (Å²) in [5.74, 6) is 0.494. The van der Waals surface area contributed by atoms with Crippen molar-refractivity contribution in [3.8, 4) is 17.2 Å². The first-order chi connectivity index (χ1) is 9.17. The predicted molar refractivity (Wildman–Crippen MR) is 71.8 cm³/mol. The zero-order valence-corrected chi connectivity index (χ0v) is 10.7. The fourth-order valence-electron chi connectivity index (χ4n) is 1.93. The normalized spacial score (nSPS) is 10.8. The number of aromatic nitrogens is 3. The van der Waals surface area contributed by atoms with Gasteiger partial charge in [0.25, 0.3) is 0 Å². The molecule has 0 saturated heterocycles. The summed E-state index contributed by atoms with van der Waals surface area (Å²) in [4.78, 5) is 1.53. The molecular weight excluding hydrogens is 242 g/mol. The van der Waals surface area contributed by atoms with Gasteiger partial charge in [0.05, 0.1) is 12.8 Å². The van der Waals surface area contributed by atoms with Crippen molar-refractivity contribution in [1.29, 1.82) is 0 Å². The van der Waals surface area contributed by atoms with Crippen molar-refractivity contribution in [3.63, 3.8) is 0 Å².